The third-order valence-corrected chi connectivity index (χ3v) is 3.37. The summed E-state index contributed by atoms with van der Waals surface area (Å²) in [7, 11) is 0. The molecule has 31 heavy (non-hydrogen) atoms. The van der Waals surface area contributed by atoms with E-state index in [1.54, 1.807) is 20.8 Å². The zero-order chi connectivity index (χ0) is 24.2. The Morgan fingerprint density at radius 1 is 0.935 bits per heavy atom. The van der Waals surface area contributed by atoms with Crippen LogP contribution in [0.5, 0.6) is 0 Å². The molecule has 0 bridgehead atoms. The van der Waals surface area contributed by atoms with Crippen molar-refractivity contribution in [1.29, 1.82) is 0 Å². The smallest absolute Gasteiger partial charge is 0.322 e. The Hall–Kier alpha value is -3.44. The minimum absolute atomic E-state index is 0.144. The van der Waals surface area contributed by atoms with Crippen LogP contribution in [0.1, 0.15) is 40.5 Å². The molecule has 0 fully saturated rings. The van der Waals surface area contributed by atoms with Gasteiger partial charge in [0.1, 0.15) is 18.2 Å². The Labute approximate surface area is 180 Å². The highest BCUT2D eigenvalue weighted by molar-refractivity contribution is 5.95. The second kappa shape index (κ2) is 13.0. The van der Waals surface area contributed by atoms with Gasteiger partial charge in [-0.15, -0.1) is 0 Å². The summed E-state index contributed by atoms with van der Waals surface area (Å²) in [6.45, 7) is 8.35. The summed E-state index contributed by atoms with van der Waals surface area (Å²) in [5.41, 5.74) is -0.517. The van der Waals surface area contributed by atoms with Gasteiger partial charge in [-0.05, 0) is 34.1 Å². The Kier molecular flexibility index (Phi) is 11.5. The van der Waals surface area contributed by atoms with Crippen LogP contribution in [-0.2, 0) is 33.5 Å². The van der Waals surface area contributed by atoms with E-state index in [0.717, 1.165) is 0 Å². The summed E-state index contributed by atoms with van der Waals surface area (Å²) < 4.78 is 5.14. The Balaban J connectivity index is 4.76. The molecule has 0 heterocycles. The Morgan fingerprint density at radius 2 is 1.52 bits per heavy atom. The van der Waals surface area contributed by atoms with Gasteiger partial charge in [-0.2, -0.15) is 0 Å². The maximum absolute atomic E-state index is 12.2. The maximum atomic E-state index is 12.2. The molecule has 0 saturated heterocycles. The minimum Gasteiger partial charge on any atom is -0.480 e. The van der Waals surface area contributed by atoms with E-state index in [1.807, 2.05) is 0 Å². The average Bonchev–Trinajstić information content (AvgIpc) is 2.63. The second-order valence-electron chi connectivity index (χ2n) is 7.60. The molecule has 1 atom stereocenters. The summed E-state index contributed by atoms with van der Waals surface area (Å²) in [5, 5.41) is 17.7. The monoisotopic (exact) mass is 442 g/mol. The van der Waals surface area contributed by atoms with Crippen molar-refractivity contribution in [3.8, 4) is 0 Å². The molecule has 4 amide bonds. The molecule has 0 aromatic rings. The zero-order valence-corrected chi connectivity index (χ0v) is 18.1. The molecular formula is C19H30N4O8. The number of ether oxygens (including phenoxy) is 1. The number of nitrogens with one attached hydrogen (secondary N) is 4. The first-order valence-electron chi connectivity index (χ1n) is 9.42. The second-order valence-corrected chi connectivity index (χ2v) is 7.60. The summed E-state index contributed by atoms with van der Waals surface area (Å²) in [5.74, 6) is -4.60. The highest BCUT2D eigenvalue weighted by atomic mass is 16.6. The lowest BCUT2D eigenvalue weighted by atomic mass is 10.1. The molecule has 0 aliphatic carbocycles. The van der Waals surface area contributed by atoms with Gasteiger partial charge in [0, 0.05) is 12.0 Å². The number of hydrogen-bond acceptors (Lipinski definition) is 7. The normalized spacial score (nSPS) is 11.5. The predicted octanol–water partition coefficient (Wildman–Crippen LogP) is -1.40. The first-order chi connectivity index (χ1) is 14.2. The van der Waals surface area contributed by atoms with Crippen molar-refractivity contribution < 1.29 is 38.6 Å². The fourth-order valence-electron chi connectivity index (χ4n) is 2.01. The zero-order valence-electron chi connectivity index (χ0n) is 18.1. The van der Waals surface area contributed by atoms with E-state index in [4.69, 9.17) is 9.84 Å². The fourth-order valence-corrected chi connectivity index (χ4v) is 2.01. The standard InChI is InChI=1S/C19H30N4O8/c1-11(2)17(29)21-8-13(24)20-9-14(25)23-12(18(30)22-10-15(26)27)6-7-16(28)31-19(3,4)5/h12H,1,6-10H2,2-5H3,(H,20,24)(H,21,29)(H,22,30)(H,23,25)(H,26,27)/t12-/m0/s1. The van der Waals surface area contributed by atoms with Crippen molar-refractivity contribution in [1.82, 2.24) is 21.3 Å². The van der Waals surface area contributed by atoms with Crippen LogP contribution in [0.3, 0.4) is 0 Å². The van der Waals surface area contributed by atoms with Gasteiger partial charge in [0.2, 0.25) is 23.6 Å². The molecule has 12 nitrogen and oxygen atoms in total. The first-order valence-corrected chi connectivity index (χ1v) is 9.42. The number of carboxylic acid groups (broad SMARTS) is 1. The molecule has 0 rings (SSSR count). The van der Waals surface area contributed by atoms with E-state index < -0.39 is 60.3 Å². The highest BCUT2D eigenvalue weighted by Crippen LogP contribution is 2.10. The van der Waals surface area contributed by atoms with E-state index in [0.29, 0.717) is 0 Å². The molecule has 0 spiro atoms. The molecule has 174 valence electrons. The summed E-state index contributed by atoms with van der Waals surface area (Å²) >= 11 is 0. The number of carbonyl (C=O) groups excluding carboxylic acids is 5. The molecule has 0 aromatic carbocycles. The van der Waals surface area contributed by atoms with Crippen LogP contribution in [0.25, 0.3) is 0 Å². The van der Waals surface area contributed by atoms with E-state index in [-0.39, 0.29) is 25.0 Å². The number of carboxylic acids is 1. The van der Waals surface area contributed by atoms with Crippen LogP contribution >= 0.6 is 0 Å². The predicted molar refractivity (Wildman–Crippen MR) is 108 cm³/mol. The minimum atomic E-state index is -1.28. The molecule has 0 aromatic heterocycles. The van der Waals surface area contributed by atoms with E-state index in [1.165, 1.54) is 6.92 Å². The van der Waals surface area contributed by atoms with Crippen LogP contribution in [0, 0.1) is 0 Å². The number of aliphatic carboxylic acids is 1. The molecule has 5 N–H and O–H groups in total. The molecule has 0 aliphatic rings. The molecule has 0 aliphatic heterocycles. The summed E-state index contributed by atoms with van der Waals surface area (Å²) in [4.78, 5) is 69.8. The number of amides is 4. The largest absolute Gasteiger partial charge is 0.480 e. The Morgan fingerprint density at radius 3 is 2.03 bits per heavy atom. The van der Waals surface area contributed by atoms with Crippen molar-refractivity contribution in [2.45, 2.75) is 52.2 Å². The van der Waals surface area contributed by atoms with Gasteiger partial charge in [0.05, 0.1) is 13.1 Å². The Bertz CT molecular complexity index is 727. The highest BCUT2D eigenvalue weighted by Gasteiger charge is 2.24. The van der Waals surface area contributed by atoms with Crippen molar-refractivity contribution in [2.24, 2.45) is 0 Å². The van der Waals surface area contributed by atoms with Crippen LogP contribution in [0.15, 0.2) is 12.2 Å². The van der Waals surface area contributed by atoms with Crippen molar-refractivity contribution >= 4 is 35.6 Å². The van der Waals surface area contributed by atoms with Crippen LogP contribution in [0.2, 0.25) is 0 Å². The van der Waals surface area contributed by atoms with Crippen molar-refractivity contribution in [3.05, 3.63) is 12.2 Å². The molecule has 0 radical (unpaired) electrons. The van der Waals surface area contributed by atoms with Crippen molar-refractivity contribution in [3.63, 3.8) is 0 Å². The average molecular weight is 442 g/mol. The molecular weight excluding hydrogens is 412 g/mol. The van der Waals surface area contributed by atoms with Crippen LogP contribution < -0.4 is 21.3 Å². The third-order valence-electron chi connectivity index (χ3n) is 3.37. The number of hydrogen-bond donors (Lipinski definition) is 5. The van der Waals surface area contributed by atoms with Gasteiger partial charge in [0.15, 0.2) is 0 Å². The maximum Gasteiger partial charge on any atom is 0.322 e. The van der Waals surface area contributed by atoms with E-state index >= 15 is 0 Å². The van der Waals surface area contributed by atoms with Gasteiger partial charge in [0.25, 0.3) is 0 Å². The quantitative estimate of drug-likeness (QED) is 0.181. The molecule has 12 heteroatoms. The number of esters is 1. The van der Waals surface area contributed by atoms with E-state index in [2.05, 4.69) is 27.8 Å². The van der Waals surface area contributed by atoms with Gasteiger partial charge in [-0.25, -0.2) is 0 Å². The molecule has 0 unspecified atom stereocenters. The third kappa shape index (κ3) is 14.2. The lowest BCUT2D eigenvalue weighted by molar-refractivity contribution is -0.155. The lowest BCUT2D eigenvalue weighted by Gasteiger charge is -2.21. The van der Waals surface area contributed by atoms with Gasteiger partial charge in [-0.1, -0.05) is 6.58 Å². The van der Waals surface area contributed by atoms with Crippen molar-refractivity contribution in [2.75, 3.05) is 19.6 Å². The molecule has 0 saturated carbocycles. The SMILES string of the molecule is C=C(C)C(=O)NCC(=O)NCC(=O)N[C@@H](CCC(=O)OC(C)(C)C)C(=O)NCC(=O)O. The van der Waals surface area contributed by atoms with Gasteiger partial charge < -0.3 is 31.1 Å². The lowest BCUT2D eigenvalue weighted by Crippen LogP contribution is -2.51. The number of carbonyl (C=O) groups is 6. The van der Waals surface area contributed by atoms with Crippen LogP contribution in [-0.4, -0.2) is 72.0 Å². The summed E-state index contributed by atoms with van der Waals surface area (Å²) in [6, 6.07) is -1.22. The first kappa shape index (κ1) is 27.6. The topological polar surface area (TPSA) is 180 Å². The van der Waals surface area contributed by atoms with Crippen LogP contribution in [0.4, 0.5) is 0 Å². The summed E-state index contributed by atoms with van der Waals surface area (Å²) in [6.07, 6.45) is -0.350. The fraction of sp³-hybridized carbons (Fsp3) is 0.579. The van der Waals surface area contributed by atoms with E-state index in [9.17, 15) is 28.8 Å². The van der Waals surface area contributed by atoms with Gasteiger partial charge >= 0.3 is 11.9 Å². The number of rotatable bonds is 12. The van der Waals surface area contributed by atoms with Gasteiger partial charge in [-0.3, -0.25) is 28.8 Å².